The normalized spacial score (nSPS) is 29.3. The lowest BCUT2D eigenvalue weighted by molar-refractivity contribution is -0.191. The summed E-state index contributed by atoms with van der Waals surface area (Å²) in [6.07, 6.45) is 3.66. The van der Waals surface area contributed by atoms with Crippen LogP contribution in [0.1, 0.15) is 47.2 Å². The quantitative estimate of drug-likeness (QED) is 0.852. The van der Waals surface area contributed by atoms with E-state index in [-0.39, 0.29) is 23.3 Å². The number of halogens is 2. The van der Waals surface area contributed by atoms with Crippen LogP contribution in [0.3, 0.4) is 0 Å². The number of amides is 1. The van der Waals surface area contributed by atoms with Gasteiger partial charge in [0.2, 0.25) is 0 Å². The summed E-state index contributed by atoms with van der Waals surface area (Å²) in [5, 5.41) is 2.74. The van der Waals surface area contributed by atoms with E-state index < -0.39 is 18.3 Å². The summed E-state index contributed by atoms with van der Waals surface area (Å²) < 4.78 is 41.2. The van der Waals surface area contributed by atoms with Gasteiger partial charge in [-0.05, 0) is 31.7 Å². The molecular weight excluding hydrogens is 352 g/mol. The number of thiophene rings is 1. The van der Waals surface area contributed by atoms with Crippen LogP contribution in [0, 0.1) is 12.8 Å². The summed E-state index contributed by atoms with van der Waals surface area (Å²) in [6, 6.07) is 1.44. The Hall–Kier alpha value is -1.25. The maximum Gasteiger partial charge on any atom is 0.387 e. The first-order valence-corrected chi connectivity index (χ1v) is 9.34. The minimum absolute atomic E-state index is 0.0867. The van der Waals surface area contributed by atoms with E-state index >= 15 is 0 Å². The summed E-state index contributed by atoms with van der Waals surface area (Å²) in [5.74, 6) is -0.343. The summed E-state index contributed by atoms with van der Waals surface area (Å²) in [4.78, 5) is 13.2. The van der Waals surface area contributed by atoms with E-state index in [9.17, 15) is 13.6 Å². The van der Waals surface area contributed by atoms with Crippen molar-refractivity contribution in [2.24, 2.45) is 5.92 Å². The highest BCUT2D eigenvalue weighted by molar-refractivity contribution is 7.14. The van der Waals surface area contributed by atoms with Crippen molar-refractivity contribution in [3.05, 3.63) is 15.8 Å². The standard InChI is InChI=1S/C17H23F2NO4S/c1-10-3-5-17(6-4-10)22-9-12(24-17)8-20-15(21)14-13(23-16(18)19)7-11(2)25-14/h7,10,12,16H,3-6,8-9H2,1-2H3,(H,20,21). The first kappa shape index (κ1) is 18.5. The van der Waals surface area contributed by atoms with Gasteiger partial charge in [-0.25, -0.2) is 0 Å². The average Bonchev–Trinajstić information content (AvgIpc) is 3.12. The van der Waals surface area contributed by atoms with Gasteiger partial charge in [-0.15, -0.1) is 11.3 Å². The molecule has 1 spiro atoms. The molecule has 25 heavy (non-hydrogen) atoms. The molecule has 1 amide bonds. The Morgan fingerprint density at radius 2 is 2.20 bits per heavy atom. The number of aryl methyl sites for hydroxylation is 1. The average molecular weight is 375 g/mol. The number of hydrogen-bond donors (Lipinski definition) is 1. The van der Waals surface area contributed by atoms with Crippen molar-refractivity contribution in [3.8, 4) is 5.75 Å². The number of rotatable bonds is 5. The lowest BCUT2D eigenvalue weighted by Gasteiger charge is -2.34. The van der Waals surface area contributed by atoms with Crippen LogP contribution in [0.15, 0.2) is 6.07 Å². The highest BCUT2D eigenvalue weighted by Crippen LogP contribution is 2.39. The Morgan fingerprint density at radius 1 is 1.48 bits per heavy atom. The van der Waals surface area contributed by atoms with Crippen LogP contribution in [-0.2, 0) is 9.47 Å². The third-order valence-electron chi connectivity index (χ3n) is 4.68. The maximum atomic E-state index is 12.4. The van der Waals surface area contributed by atoms with Crippen molar-refractivity contribution in [1.82, 2.24) is 5.32 Å². The predicted octanol–water partition coefficient (Wildman–Crippen LogP) is 3.71. The Kier molecular flexibility index (Phi) is 5.60. The molecule has 5 nitrogen and oxygen atoms in total. The zero-order valence-electron chi connectivity index (χ0n) is 14.3. The fraction of sp³-hybridized carbons (Fsp3) is 0.706. The fourth-order valence-corrected chi connectivity index (χ4v) is 4.16. The molecule has 1 aliphatic carbocycles. The molecule has 1 N–H and O–H groups in total. The van der Waals surface area contributed by atoms with Gasteiger partial charge in [-0.1, -0.05) is 6.92 Å². The van der Waals surface area contributed by atoms with Crippen molar-refractivity contribution in [2.45, 2.75) is 58.0 Å². The number of carbonyl (C=O) groups excluding carboxylic acids is 1. The molecule has 8 heteroatoms. The van der Waals surface area contributed by atoms with Gasteiger partial charge in [-0.3, -0.25) is 4.79 Å². The van der Waals surface area contributed by atoms with Crippen LogP contribution >= 0.6 is 11.3 Å². The molecule has 1 aromatic heterocycles. The molecule has 1 saturated carbocycles. The van der Waals surface area contributed by atoms with Gasteiger partial charge >= 0.3 is 6.61 Å². The van der Waals surface area contributed by atoms with Crippen LogP contribution in [-0.4, -0.2) is 37.6 Å². The summed E-state index contributed by atoms with van der Waals surface area (Å²) in [7, 11) is 0. The predicted molar refractivity (Wildman–Crippen MR) is 89.2 cm³/mol. The first-order chi connectivity index (χ1) is 11.9. The molecule has 0 radical (unpaired) electrons. The minimum atomic E-state index is -2.96. The SMILES string of the molecule is Cc1cc(OC(F)F)c(C(=O)NCC2COC3(CCC(C)CC3)O2)s1. The van der Waals surface area contributed by atoms with Gasteiger partial charge in [-0.2, -0.15) is 8.78 Å². The zero-order valence-corrected chi connectivity index (χ0v) is 15.2. The largest absolute Gasteiger partial charge is 0.433 e. The van der Waals surface area contributed by atoms with Crippen molar-refractivity contribution in [3.63, 3.8) is 0 Å². The highest BCUT2D eigenvalue weighted by Gasteiger charge is 2.43. The molecule has 1 aromatic rings. The Balaban J connectivity index is 1.53. The van der Waals surface area contributed by atoms with Crippen LogP contribution in [0.4, 0.5) is 8.78 Å². The summed E-state index contributed by atoms with van der Waals surface area (Å²) in [6.45, 7) is 1.71. The molecule has 0 aromatic carbocycles. The topological polar surface area (TPSA) is 56.8 Å². The second-order valence-corrected chi connectivity index (χ2v) is 8.04. The third-order valence-corrected chi connectivity index (χ3v) is 5.71. The maximum absolute atomic E-state index is 12.4. The summed E-state index contributed by atoms with van der Waals surface area (Å²) in [5.41, 5.74) is 0. The van der Waals surface area contributed by atoms with Crippen LogP contribution in [0.25, 0.3) is 0 Å². The van der Waals surface area contributed by atoms with Gasteiger partial charge in [0.05, 0.1) is 6.61 Å². The number of hydrogen-bond acceptors (Lipinski definition) is 5. The Morgan fingerprint density at radius 3 is 2.88 bits per heavy atom. The van der Waals surface area contributed by atoms with Crippen molar-refractivity contribution in [1.29, 1.82) is 0 Å². The first-order valence-electron chi connectivity index (χ1n) is 8.52. The molecule has 2 heterocycles. The Labute approximate surface area is 149 Å². The van der Waals surface area contributed by atoms with E-state index in [2.05, 4.69) is 17.0 Å². The van der Waals surface area contributed by atoms with Gasteiger partial charge in [0, 0.05) is 24.3 Å². The third kappa shape index (κ3) is 4.48. The van der Waals surface area contributed by atoms with Crippen LogP contribution in [0.2, 0.25) is 0 Å². The lowest BCUT2D eigenvalue weighted by Crippen LogP contribution is -2.38. The van der Waals surface area contributed by atoms with Gasteiger partial charge < -0.3 is 19.5 Å². The molecule has 1 saturated heterocycles. The van der Waals surface area contributed by atoms with E-state index in [1.165, 1.54) is 6.07 Å². The van der Waals surface area contributed by atoms with Gasteiger partial charge in [0.1, 0.15) is 16.7 Å². The Bertz CT molecular complexity index is 614. The highest BCUT2D eigenvalue weighted by atomic mass is 32.1. The second-order valence-electron chi connectivity index (χ2n) is 6.78. The molecule has 1 aliphatic heterocycles. The van der Waals surface area contributed by atoms with E-state index in [4.69, 9.17) is 9.47 Å². The molecule has 3 rings (SSSR count). The number of ether oxygens (including phenoxy) is 3. The van der Waals surface area contributed by atoms with E-state index in [0.717, 1.165) is 41.9 Å². The van der Waals surface area contributed by atoms with Crippen molar-refractivity contribution in [2.75, 3.05) is 13.2 Å². The van der Waals surface area contributed by atoms with E-state index in [1.54, 1.807) is 6.92 Å². The fourth-order valence-electron chi connectivity index (χ4n) is 3.30. The lowest BCUT2D eigenvalue weighted by atomic mass is 9.86. The second kappa shape index (κ2) is 7.55. The van der Waals surface area contributed by atoms with Crippen LogP contribution < -0.4 is 10.1 Å². The van der Waals surface area contributed by atoms with Gasteiger partial charge in [0.15, 0.2) is 5.79 Å². The van der Waals surface area contributed by atoms with E-state index in [0.29, 0.717) is 12.5 Å². The molecule has 2 aliphatic rings. The monoisotopic (exact) mass is 375 g/mol. The molecular formula is C17H23F2NO4S. The number of nitrogens with one attached hydrogen (secondary N) is 1. The van der Waals surface area contributed by atoms with Crippen molar-refractivity contribution < 1.29 is 27.8 Å². The molecule has 0 bridgehead atoms. The molecule has 1 atom stereocenters. The van der Waals surface area contributed by atoms with Crippen molar-refractivity contribution >= 4 is 17.2 Å². The van der Waals surface area contributed by atoms with Crippen LogP contribution in [0.5, 0.6) is 5.75 Å². The summed E-state index contributed by atoms with van der Waals surface area (Å²) >= 11 is 1.13. The molecule has 2 fully saturated rings. The number of alkyl halides is 2. The van der Waals surface area contributed by atoms with E-state index in [1.807, 2.05) is 0 Å². The number of carbonyl (C=O) groups is 1. The minimum Gasteiger partial charge on any atom is -0.433 e. The smallest absolute Gasteiger partial charge is 0.387 e. The molecule has 140 valence electrons. The zero-order chi connectivity index (χ0) is 18.0. The van der Waals surface area contributed by atoms with Gasteiger partial charge in [0.25, 0.3) is 5.91 Å². The molecule has 1 unspecified atom stereocenters.